The molecular weight excluding hydrogens is 401 g/mol. The maximum absolute atomic E-state index is 12.7. The third-order valence-electron chi connectivity index (χ3n) is 4.37. The number of rotatable bonds is 4. The SMILES string of the molecule is Cc1[nH]nc(Nc2ccccc2)c1NC(=O)c1cn2c(n1)CCNCC2.Cl.Cl. The summed E-state index contributed by atoms with van der Waals surface area (Å²) in [6.45, 7) is 4.45. The fourth-order valence-corrected chi connectivity index (χ4v) is 2.99. The number of nitrogens with one attached hydrogen (secondary N) is 4. The fourth-order valence-electron chi connectivity index (χ4n) is 2.99. The van der Waals surface area contributed by atoms with E-state index in [4.69, 9.17) is 0 Å². The molecule has 4 rings (SSSR count). The maximum Gasteiger partial charge on any atom is 0.276 e. The third-order valence-corrected chi connectivity index (χ3v) is 4.37. The van der Waals surface area contributed by atoms with E-state index in [1.807, 2.05) is 48.0 Å². The number of fused-ring (bicyclic) bond motifs is 1. The molecule has 0 aliphatic carbocycles. The number of carbonyl (C=O) groups is 1. The number of carbonyl (C=O) groups excluding carboxylic acids is 1. The topological polar surface area (TPSA) is 99.7 Å². The van der Waals surface area contributed by atoms with Gasteiger partial charge in [-0.15, -0.1) is 24.8 Å². The van der Waals surface area contributed by atoms with Gasteiger partial charge in [-0.2, -0.15) is 5.10 Å². The van der Waals surface area contributed by atoms with Gasteiger partial charge in [-0.25, -0.2) is 4.98 Å². The molecule has 3 heterocycles. The first kappa shape index (κ1) is 21.7. The summed E-state index contributed by atoms with van der Waals surface area (Å²) in [6.07, 6.45) is 2.64. The highest BCUT2D eigenvalue weighted by atomic mass is 35.5. The van der Waals surface area contributed by atoms with Gasteiger partial charge in [0.2, 0.25) is 0 Å². The lowest BCUT2D eigenvalue weighted by Crippen LogP contribution is -2.18. The van der Waals surface area contributed by atoms with E-state index in [-0.39, 0.29) is 30.7 Å². The van der Waals surface area contributed by atoms with E-state index >= 15 is 0 Å². The molecule has 0 radical (unpaired) electrons. The molecule has 0 unspecified atom stereocenters. The first-order chi connectivity index (χ1) is 12.7. The van der Waals surface area contributed by atoms with E-state index in [9.17, 15) is 4.79 Å². The average molecular weight is 424 g/mol. The van der Waals surface area contributed by atoms with Crippen molar-refractivity contribution in [1.29, 1.82) is 0 Å². The minimum absolute atomic E-state index is 0. The Morgan fingerprint density at radius 3 is 2.75 bits per heavy atom. The molecule has 0 saturated heterocycles. The van der Waals surface area contributed by atoms with Crippen LogP contribution in [0.3, 0.4) is 0 Å². The molecule has 28 heavy (non-hydrogen) atoms. The summed E-state index contributed by atoms with van der Waals surface area (Å²) in [7, 11) is 0. The van der Waals surface area contributed by atoms with Crippen molar-refractivity contribution in [1.82, 2.24) is 25.1 Å². The smallest absolute Gasteiger partial charge is 0.276 e. The van der Waals surface area contributed by atoms with Crippen LogP contribution in [0.2, 0.25) is 0 Å². The zero-order valence-electron chi connectivity index (χ0n) is 15.4. The number of hydrogen-bond donors (Lipinski definition) is 4. The van der Waals surface area contributed by atoms with E-state index in [2.05, 4.69) is 31.1 Å². The first-order valence-electron chi connectivity index (χ1n) is 8.66. The number of H-pyrrole nitrogens is 1. The Kier molecular flexibility index (Phi) is 7.45. The van der Waals surface area contributed by atoms with E-state index in [1.165, 1.54) is 0 Å². The van der Waals surface area contributed by atoms with Crippen LogP contribution in [0.25, 0.3) is 0 Å². The molecule has 0 atom stereocenters. The summed E-state index contributed by atoms with van der Waals surface area (Å²) < 4.78 is 2.04. The summed E-state index contributed by atoms with van der Waals surface area (Å²) in [4.78, 5) is 17.2. The number of benzene rings is 1. The highest BCUT2D eigenvalue weighted by Gasteiger charge is 2.19. The quantitative estimate of drug-likeness (QED) is 0.516. The summed E-state index contributed by atoms with van der Waals surface area (Å²) in [5, 5.41) is 16.6. The Morgan fingerprint density at radius 1 is 1.18 bits per heavy atom. The minimum Gasteiger partial charge on any atom is -0.337 e. The zero-order chi connectivity index (χ0) is 17.9. The van der Waals surface area contributed by atoms with Crippen molar-refractivity contribution in [3.05, 3.63) is 53.7 Å². The van der Waals surface area contributed by atoms with Crippen molar-refractivity contribution in [2.75, 3.05) is 23.7 Å². The number of para-hydroxylation sites is 1. The highest BCUT2D eigenvalue weighted by Crippen LogP contribution is 2.26. The standard InChI is InChI=1S/C18H21N7O.2ClH/c1-12-16(17(24-23-12)20-13-5-3-2-4-6-13)22-18(26)14-11-25-10-9-19-8-7-15(25)21-14;;/h2-6,11,19H,7-10H2,1H3,(H,22,26)(H2,20,23,24);2*1H. The Hall–Kier alpha value is -2.55. The molecule has 2 aromatic heterocycles. The molecule has 4 N–H and O–H groups in total. The summed E-state index contributed by atoms with van der Waals surface area (Å²) in [6, 6.07) is 9.70. The minimum atomic E-state index is -0.237. The summed E-state index contributed by atoms with van der Waals surface area (Å²) in [5.74, 6) is 1.28. The number of amides is 1. The second kappa shape index (κ2) is 9.59. The zero-order valence-corrected chi connectivity index (χ0v) is 17.0. The summed E-state index contributed by atoms with van der Waals surface area (Å²) >= 11 is 0. The van der Waals surface area contributed by atoms with Crippen molar-refractivity contribution in [3.8, 4) is 0 Å². The van der Waals surface area contributed by atoms with E-state index in [1.54, 1.807) is 0 Å². The van der Waals surface area contributed by atoms with Crippen molar-refractivity contribution >= 4 is 47.9 Å². The van der Waals surface area contributed by atoms with Gasteiger partial charge in [-0.1, -0.05) is 18.2 Å². The number of aromatic amines is 1. The van der Waals surface area contributed by atoms with Crippen molar-refractivity contribution in [3.63, 3.8) is 0 Å². The van der Waals surface area contributed by atoms with Crippen LogP contribution in [0.15, 0.2) is 36.5 Å². The van der Waals surface area contributed by atoms with Crippen LogP contribution >= 0.6 is 24.8 Å². The van der Waals surface area contributed by atoms with Gasteiger partial charge in [-0.3, -0.25) is 9.89 Å². The average Bonchev–Trinajstić information content (AvgIpc) is 3.13. The number of anilines is 3. The fraction of sp³-hybridized carbons (Fsp3) is 0.278. The van der Waals surface area contributed by atoms with Crippen LogP contribution in [0.4, 0.5) is 17.2 Å². The van der Waals surface area contributed by atoms with Gasteiger partial charge in [0.1, 0.15) is 17.2 Å². The monoisotopic (exact) mass is 423 g/mol. The molecule has 10 heteroatoms. The lowest BCUT2D eigenvalue weighted by molar-refractivity contribution is 0.102. The lowest BCUT2D eigenvalue weighted by atomic mass is 10.3. The predicted octanol–water partition coefficient (Wildman–Crippen LogP) is 2.90. The molecule has 0 saturated carbocycles. The van der Waals surface area contributed by atoms with Gasteiger partial charge in [0.25, 0.3) is 5.91 Å². The second-order valence-electron chi connectivity index (χ2n) is 6.25. The van der Waals surface area contributed by atoms with E-state index in [0.29, 0.717) is 17.2 Å². The van der Waals surface area contributed by atoms with Gasteiger partial charge < -0.3 is 20.5 Å². The second-order valence-corrected chi connectivity index (χ2v) is 6.25. The van der Waals surface area contributed by atoms with Crippen molar-refractivity contribution in [2.45, 2.75) is 19.9 Å². The van der Waals surface area contributed by atoms with Gasteiger partial charge in [0, 0.05) is 37.9 Å². The molecule has 150 valence electrons. The largest absolute Gasteiger partial charge is 0.337 e. The Labute approximate surface area is 175 Å². The maximum atomic E-state index is 12.7. The molecule has 1 aromatic carbocycles. The molecule has 1 aliphatic rings. The third kappa shape index (κ3) is 4.64. The van der Waals surface area contributed by atoms with Gasteiger partial charge in [-0.05, 0) is 19.1 Å². The summed E-state index contributed by atoms with van der Waals surface area (Å²) in [5.41, 5.74) is 2.73. The van der Waals surface area contributed by atoms with Gasteiger partial charge in [0.15, 0.2) is 5.82 Å². The molecule has 1 aliphatic heterocycles. The predicted molar refractivity (Wildman–Crippen MR) is 114 cm³/mol. The number of aryl methyl sites for hydroxylation is 1. The molecule has 0 bridgehead atoms. The number of imidazole rings is 1. The van der Waals surface area contributed by atoms with Crippen LogP contribution < -0.4 is 16.0 Å². The molecule has 0 fully saturated rings. The van der Waals surface area contributed by atoms with Crippen LogP contribution in [0.5, 0.6) is 0 Å². The van der Waals surface area contributed by atoms with Crippen molar-refractivity contribution < 1.29 is 4.79 Å². The Bertz CT molecular complexity index is 900. The number of aromatic nitrogens is 4. The van der Waals surface area contributed by atoms with E-state index < -0.39 is 0 Å². The molecule has 3 aromatic rings. The molecular formula is C18H23Cl2N7O. The van der Waals surface area contributed by atoms with Gasteiger partial charge in [0.05, 0.1) is 5.69 Å². The lowest BCUT2D eigenvalue weighted by Gasteiger charge is -2.07. The normalized spacial score (nSPS) is 12.8. The number of hydrogen-bond acceptors (Lipinski definition) is 5. The van der Waals surface area contributed by atoms with E-state index in [0.717, 1.165) is 43.3 Å². The van der Waals surface area contributed by atoms with Crippen LogP contribution in [-0.2, 0) is 13.0 Å². The molecule has 0 spiro atoms. The van der Waals surface area contributed by atoms with Crippen LogP contribution in [-0.4, -0.2) is 38.7 Å². The van der Waals surface area contributed by atoms with Crippen molar-refractivity contribution in [2.24, 2.45) is 0 Å². The van der Waals surface area contributed by atoms with Crippen LogP contribution in [0, 0.1) is 6.92 Å². The Balaban J connectivity index is 0.00000140. The van der Waals surface area contributed by atoms with Crippen LogP contribution in [0.1, 0.15) is 22.0 Å². The number of nitrogens with zero attached hydrogens (tertiary/aromatic N) is 3. The Morgan fingerprint density at radius 2 is 1.96 bits per heavy atom. The number of halogens is 2. The molecule has 8 nitrogen and oxygen atoms in total. The first-order valence-corrected chi connectivity index (χ1v) is 8.66. The molecule has 1 amide bonds. The highest BCUT2D eigenvalue weighted by molar-refractivity contribution is 6.05. The van der Waals surface area contributed by atoms with Gasteiger partial charge >= 0.3 is 0 Å².